The molecule has 0 spiro atoms. The lowest BCUT2D eigenvalue weighted by atomic mass is 9.98. The van der Waals surface area contributed by atoms with Gasteiger partial charge in [-0.3, -0.25) is 0 Å². The summed E-state index contributed by atoms with van der Waals surface area (Å²) in [5.74, 6) is 0. The van der Waals surface area contributed by atoms with Crippen LogP contribution in [-0.2, 0) is 9.47 Å². The molecule has 3 atom stereocenters. The van der Waals surface area contributed by atoms with Gasteiger partial charge in [-0.2, -0.15) is 0 Å². The maximum atomic E-state index is 6.05. The minimum atomic E-state index is 0.315. The van der Waals surface area contributed by atoms with E-state index in [4.69, 9.17) is 9.47 Å². The third-order valence-electron chi connectivity index (χ3n) is 3.18. The van der Waals surface area contributed by atoms with Gasteiger partial charge < -0.3 is 9.47 Å². The van der Waals surface area contributed by atoms with Crippen LogP contribution >= 0.6 is 0 Å². The molecule has 0 aromatic heterocycles. The third kappa shape index (κ3) is 2.01. The Labute approximate surface area is 86.3 Å². The monoisotopic (exact) mass is 196 g/mol. The van der Waals surface area contributed by atoms with Crippen LogP contribution in [0.3, 0.4) is 0 Å². The lowest BCUT2D eigenvalue weighted by Gasteiger charge is -2.24. The standard InChI is InChI=1S/C12H20O2/c1-4-9(5-2)13-10-6-8(3)7-11-12(10)14-11/h7,9-12H,4-6H2,1-3H3/t10-,11+,12-/m1/s1. The van der Waals surface area contributed by atoms with E-state index >= 15 is 0 Å². The van der Waals surface area contributed by atoms with E-state index in [1.165, 1.54) is 5.57 Å². The Morgan fingerprint density at radius 1 is 1.50 bits per heavy atom. The molecular weight excluding hydrogens is 176 g/mol. The van der Waals surface area contributed by atoms with Crippen LogP contribution in [-0.4, -0.2) is 24.4 Å². The number of fused-ring (bicyclic) bond motifs is 1. The maximum absolute atomic E-state index is 6.05. The van der Waals surface area contributed by atoms with Crippen molar-refractivity contribution in [3.63, 3.8) is 0 Å². The lowest BCUT2D eigenvalue weighted by molar-refractivity contribution is -0.0286. The zero-order valence-electron chi connectivity index (χ0n) is 9.32. The highest BCUT2D eigenvalue weighted by atomic mass is 16.6. The van der Waals surface area contributed by atoms with Crippen LogP contribution in [0.15, 0.2) is 11.6 Å². The van der Waals surface area contributed by atoms with Crippen LogP contribution in [0.2, 0.25) is 0 Å². The molecule has 1 aliphatic heterocycles. The predicted molar refractivity (Wildman–Crippen MR) is 56.3 cm³/mol. The first-order chi connectivity index (χ1) is 6.74. The third-order valence-corrected chi connectivity index (χ3v) is 3.18. The highest BCUT2D eigenvalue weighted by Crippen LogP contribution is 2.37. The van der Waals surface area contributed by atoms with E-state index in [1.54, 1.807) is 0 Å². The van der Waals surface area contributed by atoms with Crippen LogP contribution in [0.1, 0.15) is 40.0 Å². The number of hydrogen-bond donors (Lipinski definition) is 0. The van der Waals surface area contributed by atoms with Crippen molar-refractivity contribution < 1.29 is 9.47 Å². The summed E-state index contributed by atoms with van der Waals surface area (Å²) < 4.78 is 11.6. The summed E-state index contributed by atoms with van der Waals surface area (Å²) in [7, 11) is 0. The molecule has 0 unspecified atom stereocenters. The molecule has 14 heavy (non-hydrogen) atoms. The van der Waals surface area contributed by atoms with Gasteiger partial charge in [-0.1, -0.05) is 25.5 Å². The van der Waals surface area contributed by atoms with Crippen LogP contribution in [0.25, 0.3) is 0 Å². The molecule has 2 aliphatic rings. The number of hydrogen-bond acceptors (Lipinski definition) is 2. The second-order valence-corrected chi connectivity index (χ2v) is 4.40. The average Bonchev–Trinajstić information content (AvgIpc) is 2.92. The molecule has 0 saturated carbocycles. The van der Waals surface area contributed by atoms with Gasteiger partial charge in [0.2, 0.25) is 0 Å². The van der Waals surface area contributed by atoms with E-state index in [9.17, 15) is 0 Å². The van der Waals surface area contributed by atoms with Crippen LogP contribution in [0.4, 0.5) is 0 Å². The first kappa shape index (κ1) is 10.2. The van der Waals surface area contributed by atoms with Crippen molar-refractivity contribution in [3.8, 4) is 0 Å². The van der Waals surface area contributed by atoms with Gasteiger partial charge in [-0.05, 0) is 26.2 Å². The molecule has 1 aliphatic carbocycles. The minimum absolute atomic E-state index is 0.315. The second-order valence-electron chi connectivity index (χ2n) is 4.40. The Hall–Kier alpha value is -0.340. The summed E-state index contributed by atoms with van der Waals surface area (Å²) in [6, 6.07) is 0. The Morgan fingerprint density at radius 3 is 2.86 bits per heavy atom. The Bertz CT molecular complexity index is 230. The average molecular weight is 196 g/mol. The molecule has 80 valence electrons. The Balaban J connectivity index is 1.90. The number of epoxide rings is 1. The van der Waals surface area contributed by atoms with Crippen LogP contribution < -0.4 is 0 Å². The van der Waals surface area contributed by atoms with Gasteiger partial charge in [-0.25, -0.2) is 0 Å². The van der Waals surface area contributed by atoms with Crippen LogP contribution in [0.5, 0.6) is 0 Å². The molecule has 1 heterocycles. The summed E-state index contributed by atoms with van der Waals surface area (Å²) in [4.78, 5) is 0. The highest BCUT2D eigenvalue weighted by molar-refractivity contribution is 5.18. The zero-order chi connectivity index (χ0) is 10.1. The molecule has 0 radical (unpaired) electrons. The van der Waals surface area contributed by atoms with E-state index in [-0.39, 0.29) is 0 Å². The first-order valence-corrected chi connectivity index (χ1v) is 5.72. The van der Waals surface area contributed by atoms with E-state index in [0.29, 0.717) is 24.4 Å². The Kier molecular flexibility index (Phi) is 2.93. The summed E-state index contributed by atoms with van der Waals surface area (Å²) in [5, 5.41) is 0. The zero-order valence-corrected chi connectivity index (χ0v) is 9.32. The van der Waals surface area contributed by atoms with E-state index in [2.05, 4.69) is 26.8 Å². The molecular formula is C12H20O2. The van der Waals surface area contributed by atoms with Crippen molar-refractivity contribution in [1.82, 2.24) is 0 Å². The highest BCUT2D eigenvalue weighted by Gasteiger charge is 2.47. The van der Waals surface area contributed by atoms with Crippen molar-refractivity contribution >= 4 is 0 Å². The SMILES string of the molecule is CCC(CC)O[C@@H]1CC(C)=C[C@@H]2O[C@@H]21. The second kappa shape index (κ2) is 4.03. The quantitative estimate of drug-likeness (QED) is 0.509. The molecule has 0 aromatic rings. The summed E-state index contributed by atoms with van der Waals surface area (Å²) in [6.07, 6.45) is 6.95. The van der Waals surface area contributed by atoms with Crippen molar-refractivity contribution in [2.45, 2.75) is 64.4 Å². The van der Waals surface area contributed by atoms with Gasteiger partial charge in [0.1, 0.15) is 12.2 Å². The fraction of sp³-hybridized carbons (Fsp3) is 0.833. The molecule has 0 N–H and O–H groups in total. The maximum Gasteiger partial charge on any atom is 0.115 e. The summed E-state index contributed by atoms with van der Waals surface area (Å²) in [6.45, 7) is 6.54. The van der Waals surface area contributed by atoms with E-state index in [0.717, 1.165) is 19.3 Å². The molecule has 1 saturated heterocycles. The van der Waals surface area contributed by atoms with Crippen molar-refractivity contribution in [1.29, 1.82) is 0 Å². The lowest BCUT2D eigenvalue weighted by Crippen LogP contribution is -2.29. The molecule has 2 heteroatoms. The molecule has 2 rings (SSSR count). The topological polar surface area (TPSA) is 21.8 Å². The van der Waals surface area contributed by atoms with Gasteiger partial charge in [-0.15, -0.1) is 0 Å². The van der Waals surface area contributed by atoms with E-state index < -0.39 is 0 Å². The van der Waals surface area contributed by atoms with Gasteiger partial charge in [0.15, 0.2) is 0 Å². The number of ether oxygens (including phenoxy) is 2. The fourth-order valence-corrected chi connectivity index (χ4v) is 2.21. The van der Waals surface area contributed by atoms with Crippen molar-refractivity contribution in [2.24, 2.45) is 0 Å². The number of rotatable bonds is 4. The summed E-state index contributed by atoms with van der Waals surface area (Å²) >= 11 is 0. The normalized spacial score (nSPS) is 35.4. The minimum Gasteiger partial charge on any atom is -0.372 e. The molecule has 1 fully saturated rings. The van der Waals surface area contributed by atoms with Crippen molar-refractivity contribution in [3.05, 3.63) is 11.6 Å². The molecule has 0 aromatic carbocycles. The van der Waals surface area contributed by atoms with Crippen molar-refractivity contribution in [2.75, 3.05) is 0 Å². The largest absolute Gasteiger partial charge is 0.372 e. The van der Waals surface area contributed by atoms with E-state index in [1.807, 2.05) is 0 Å². The first-order valence-electron chi connectivity index (χ1n) is 5.72. The van der Waals surface area contributed by atoms with Gasteiger partial charge in [0.25, 0.3) is 0 Å². The van der Waals surface area contributed by atoms with Gasteiger partial charge in [0, 0.05) is 0 Å². The van der Waals surface area contributed by atoms with Gasteiger partial charge in [0.05, 0.1) is 12.2 Å². The predicted octanol–water partition coefficient (Wildman–Crippen LogP) is 2.68. The van der Waals surface area contributed by atoms with Gasteiger partial charge >= 0.3 is 0 Å². The molecule has 2 nitrogen and oxygen atoms in total. The fourth-order valence-electron chi connectivity index (χ4n) is 2.21. The van der Waals surface area contributed by atoms with Crippen LogP contribution in [0, 0.1) is 0 Å². The molecule has 0 bridgehead atoms. The summed E-state index contributed by atoms with van der Waals surface area (Å²) in [5.41, 5.74) is 1.42. The smallest absolute Gasteiger partial charge is 0.115 e. The Morgan fingerprint density at radius 2 is 2.21 bits per heavy atom. The molecule has 0 amide bonds.